The number of thiocarbonyl (C=S) groups is 1. The Labute approximate surface area is 121 Å². The molecule has 0 N–H and O–H groups in total. The Morgan fingerprint density at radius 1 is 1.11 bits per heavy atom. The number of nitrogens with zero attached hydrogens (tertiary/aromatic N) is 3. The van der Waals surface area contributed by atoms with Gasteiger partial charge in [0, 0.05) is 37.9 Å². The van der Waals surface area contributed by atoms with Gasteiger partial charge in [0.1, 0.15) is 0 Å². The van der Waals surface area contributed by atoms with Gasteiger partial charge in [-0.15, -0.1) is 0 Å². The highest BCUT2D eigenvalue weighted by Gasteiger charge is 2.18. The molecule has 3 nitrogen and oxygen atoms in total. The fraction of sp³-hybridized carbons (Fsp3) is 0.533. The zero-order chi connectivity index (χ0) is 13.0. The summed E-state index contributed by atoms with van der Waals surface area (Å²) in [5.41, 5.74) is 2.14. The molecule has 0 aliphatic carbocycles. The maximum absolute atomic E-state index is 4.60. The van der Waals surface area contributed by atoms with Crippen molar-refractivity contribution in [3.05, 3.63) is 24.3 Å². The molecule has 104 valence electrons. The zero-order valence-electron chi connectivity index (χ0n) is 11.0. The number of benzene rings is 1. The van der Waals surface area contributed by atoms with Gasteiger partial charge in [0.05, 0.1) is 10.8 Å². The van der Waals surface area contributed by atoms with E-state index >= 15 is 0 Å². The molecule has 1 aliphatic heterocycles. The first kappa shape index (κ1) is 15.8. The smallest absolute Gasteiger partial charge is 0.0741 e. The molecule has 0 saturated carbocycles. The lowest BCUT2D eigenvalue weighted by Crippen LogP contribution is -2.48. The van der Waals surface area contributed by atoms with Crippen molar-refractivity contribution < 1.29 is 0 Å². The number of anilines is 1. The van der Waals surface area contributed by atoms with Gasteiger partial charge >= 0.3 is 0 Å². The first-order chi connectivity index (χ1) is 8.70. The van der Waals surface area contributed by atoms with Gasteiger partial charge in [0.15, 0.2) is 0 Å². The van der Waals surface area contributed by atoms with Crippen molar-refractivity contribution in [3.8, 4) is 0 Å². The Kier molecular flexibility index (Phi) is 6.16. The van der Waals surface area contributed by atoms with E-state index < -0.39 is 0 Å². The summed E-state index contributed by atoms with van der Waals surface area (Å²) >= 11 is 4.60. The summed E-state index contributed by atoms with van der Waals surface area (Å²) in [7, 11) is 0. The topological polar surface area (TPSA) is 18.8 Å². The predicted molar refractivity (Wildman–Crippen MR) is 86.8 cm³/mol. The summed E-state index contributed by atoms with van der Waals surface area (Å²) in [5.74, 6) is 0. The van der Waals surface area contributed by atoms with Crippen LogP contribution in [0.15, 0.2) is 29.3 Å². The lowest BCUT2D eigenvalue weighted by molar-refractivity contribution is 0.209. The predicted octanol–water partition coefficient (Wildman–Crippen LogP) is 3.59. The number of rotatable bonds is 3. The van der Waals surface area contributed by atoms with E-state index in [-0.39, 0.29) is 7.43 Å². The second-order valence-electron chi connectivity index (χ2n) is 4.84. The van der Waals surface area contributed by atoms with Crippen molar-refractivity contribution in [2.45, 2.75) is 27.3 Å². The molecule has 1 aliphatic rings. The quantitative estimate of drug-likeness (QED) is 0.621. The average Bonchev–Trinajstić information content (AvgIpc) is 2.40. The number of hydrogen-bond donors (Lipinski definition) is 0. The van der Waals surface area contributed by atoms with E-state index in [2.05, 4.69) is 58.2 Å². The standard InChI is InChI=1S/C14H19N3S.CH4/c1-12(2)16-7-9-17(10-8-16)14-5-3-13(4-6-14)15-11-18;/h3-6,12H,7-10H2,1-2H3;1H4. The largest absolute Gasteiger partial charge is 0.369 e. The normalized spacial score (nSPS) is 15.8. The Hall–Kier alpha value is -1.22. The lowest BCUT2D eigenvalue weighted by Gasteiger charge is -2.38. The van der Waals surface area contributed by atoms with Crippen LogP contribution in [0.2, 0.25) is 0 Å². The molecule has 1 heterocycles. The van der Waals surface area contributed by atoms with E-state index in [0.29, 0.717) is 6.04 Å². The average molecular weight is 277 g/mol. The maximum Gasteiger partial charge on any atom is 0.0741 e. The van der Waals surface area contributed by atoms with Gasteiger partial charge in [-0.1, -0.05) is 7.43 Å². The molecule has 0 aromatic heterocycles. The molecule has 0 unspecified atom stereocenters. The Morgan fingerprint density at radius 3 is 2.16 bits per heavy atom. The Morgan fingerprint density at radius 2 is 1.68 bits per heavy atom. The summed E-state index contributed by atoms with van der Waals surface area (Å²) in [4.78, 5) is 8.90. The first-order valence-electron chi connectivity index (χ1n) is 6.37. The number of hydrogen-bond acceptors (Lipinski definition) is 4. The molecule has 1 aromatic rings. The van der Waals surface area contributed by atoms with Crippen LogP contribution >= 0.6 is 12.2 Å². The van der Waals surface area contributed by atoms with Crippen LogP contribution in [0.3, 0.4) is 0 Å². The molecule has 19 heavy (non-hydrogen) atoms. The molecule has 0 amide bonds. The molecule has 0 atom stereocenters. The van der Waals surface area contributed by atoms with E-state index in [4.69, 9.17) is 0 Å². The molecular weight excluding hydrogens is 254 g/mol. The highest BCUT2D eigenvalue weighted by molar-refractivity contribution is 7.78. The third kappa shape index (κ3) is 4.13. The van der Waals surface area contributed by atoms with Crippen LogP contribution in [-0.4, -0.2) is 42.3 Å². The first-order valence-corrected chi connectivity index (χ1v) is 6.78. The van der Waals surface area contributed by atoms with Gasteiger partial charge in [0.2, 0.25) is 0 Å². The van der Waals surface area contributed by atoms with Gasteiger partial charge in [-0.25, -0.2) is 0 Å². The van der Waals surface area contributed by atoms with E-state index in [1.807, 2.05) is 12.1 Å². The van der Waals surface area contributed by atoms with Crippen LogP contribution in [0.25, 0.3) is 0 Å². The maximum atomic E-state index is 4.60. The van der Waals surface area contributed by atoms with Crippen molar-refractivity contribution >= 4 is 28.8 Å². The zero-order valence-corrected chi connectivity index (χ0v) is 11.8. The lowest BCUT2D eigenvalue weighted by atomic mass is 10.2. The fourth-order valence-electron chi connectivity index (χ4n) is 2.29. The van der Waals surface area contributed by atoms with E-state index in [1.165, 1.54) is 5.69 Å². The summed E-state index contributed by atoms with van der Waals surface area (Å²) in [5, 5.41) is 2.39. The number of isothiocyanates is 1. The van der Waals surface area contributed by atoms with Crippen LogP contribution in [0.5, 0.6) is 0 Å². The molecule has 0 radical (unpaired) electrons. The monoisotopic (exact) mass is 277 g/mol. The Bertz CT molecular complexity index is 427. The van der Waals surface area contributed by atoms with Crippen molar-refractivity contribution in [2.75, 3.05) is 31.1 Å². The van der Waals surface area contributed by atoms with E-state index in [0.717, 1.165) is 31.9 Å². The van der Waals surface area contributed by atoms with Gasteiger partial charge in [-0.3, -0.25) is 4.90 Å². The van der Waals surface area contributed by atoms with Crippen LogP contribution in [-0.2, 0) is 0 Å². The highest BCUT2D eigenvalue weighted by atomic mass is 32.1. The molecule has 0 bridgehead atoms. The van der Waals surface area contributed by atoms with Crippen LogP contribution in [0, 0.1) is 0 Å². The fourth-order valence-corrected chi connectivity index (χ4v) is 2.39. The van der Waals surface area contributed by atoms with Gasteiger partial charge in [-0.05, 0) is 50.3 Å². The number of piperazine rings is 1. The minimum atomic E-state index is 0. The summed E-state index contributed by atoms with van der Waals surface area (Å²) in [6.45, 7) is 8.97. The molecular formula is C15H23N3S. The van der Waals surface area contributed by atoms with Crippen molar-refractivity contribution in [3.63, 3.8) is 0 Å². The van der Waals surface area contributed by atoms with Crippen molar-refractivity contribution in [1.82, 2.24) is 4.90 Å². The van der Waals surface area contributed by atoms with Crippen LogP contribution in [0.4, 0.5) is 11.4 Å². The van der Waals surface area contributed by atoms with E-state index in [1.54, 1.807) is 0 Å². The molecule has 1 saturated heterocycles. The second-order valence-corrected chi connectivity index (χ2v) is 5.02. The third-order valence-corrected chi connectivity index (χ3v) is 3.53. The van der Waals surface area contributed by atoms with E-state index in [9.17, 15) is 0 Å². The molecule has 2 rings (SSSR count). The van der Waals surface area contributed by atoms with Gasteiger partial charge < -0.3 is 4.90 Å². The second kappa shape index (κ2) is 7.39. The Balaban J connectivity index is 0.00000180. The molecule has 1 fully saturated rings. The molecule has 0 spiro atoms. The third-order valence-electron chi connectivity index (χ3n) is 3.43. The minimum absolute atomic E-state index is 0. The van der Waals surface area contributed by atoms with Crippen molar-refractivity contribution in [2.24, 2.45) is 4.99 Å². The summed E-state index contributed by atoms with van der Waals surface area (Å²) < 4.78 is 0. The minimum Gasteiger partial charge on any atom is -0.369 e. The highest BCUT2D eigenvalue weighted by Crippen LogP contribution is 2.21. The van der Waals surface area contributed by atoms with Crippen LogP contribution in [0.1, 0.15) is 21.3 Å². The van der Waals surface area contributed by atoms with Crippen LogP contribution < -0.4 is 4.90 Å². The molecule has 1 aromatic carbocycles. The van der Waals surface area contributed by atoms with Gasteiger partial charge in [0.25, 0.3) is 0 Å². The van der Waals surface area contributed by atoms with Crippen molar-refractivity contribution in [1.29, 1.82) is 0 Å². The number of aliphatic imine (C=N–C) groups is 1. The molecule has 4 heteroatoms. The SMILES string of the molecule is C.CC(C)N1CCN(c2ccc(N=C=S)cc2)CC1. The summed E-state index contributed by atoms with van der Waals surface area (Å²) in [6.07, 6.45) is 0. The summed E-state index contributed by atoms with van der Waals surface area (Å²) in [6, 6.07) is 8.84. The van der Waals surface area contributed by atoms with Gasteiger partial charge in [-0.2, -0.15) is 4.99 Å².